The molecule has 3 rings (SSSR count). The summed E-state index contributed by atoms with van der Waals surface area (Å²) in [6.45, 7) is 3.68. The molecular formula is C23H20FNO5S. The minimum atomic E-state index is -4.10. The zero-order valence-electron chi connectivity index (χ0n) is 16.7. The summed E-state index contributed by atoms with van der Waals surface area (Å²) < 4.78 is 51.8. The van der Waals surface area contributed by atoms with Crippen LogP contribution in [0.15, 0.2) is 78.2 Å². The molecule has 0 aromatic heterocycles. The SMILES string of the molecule is C=Cc1ccc(NS(=O)(=O)c2ccc(F)cc2)c(C(=O)OCc2ccccc2)c1OC. The quantitative estimate of drug-likeness (QED) is 0.515. The zero-order chi connectivity index (χ0) is 22.4. The summed E-state index contributed by atoms with van der Waals surface area (Å²) >= 11 is 0. The number of nitrogens with one attached hydrogen (secondary N) is 1. The zero-order valence-corrected chi connectivity index (χ0v) is 17.5. The Bertz CT molecular complexity index is 1190. The number of carbonyl (C=O) groups excluding carboxylic acids is 1. The van der Waals surface area contributed by atoms with E-state index in [9.17, 15) is 17.6 Å². The van der Waals surface area contributed by atoms with Gasteiger partial charge >= 0.3 is 5.97 Å². The van der Waals surface area contributed by atoms with E-state index >= 15 is 0 Å². The van der Waals surface area contributed by atoms with Crippen LogP contribution in [0.1, 0.15) is 21.5 Å². The van der Waals surface area contributed by atoms with Crippen LogP contribution in [0.4, 0.5) is 10.1 Å². The maximum Gasteiger partial charge on any atom is 0.344 e. The maximum atomic E-state index is 13.2. The van der Waals surface area contributed by atoms with E-state index in [4.69, 9.17) is 9.47 Å². The van der Waals surface area contributed by atoms with Crippen molar-refractivity contribution in [1.29, 1.82) is 0 Å². The molecule has 0 heterocycles. The van der Waals surface area contributed by atoms with Crippen LogP contribution in [-0.2, 0) is 21.4 Å². The molecule has 0 aliphatic carbocycles. The van der Waals surface area contributed by atoms with Crippen molar-refractivity contribution >= 4 is 27.8 Å². The van der Waals surface area contributed by atoms with Gasteiger partial charge in [0.15, 0.2) is 0 Å². The third kappa shape index (κ3) is 5.10. The molecule has 3 aromatic carbocycles. The average molecular weight is 441 g/mol. The average Bonchev–Trinajstić information content (AvgIpc) is 2.77. The molecule has 8 heteroatoms. The van der Waals surface area contributed by atoms with Crippen LogP contribution in [0.25, 0.3) is 6.08 Å². The first kappa shape index (κ1) is 22.0. The van der Waals surface area contributed by atoms with Gasteiger partial charge in [0.05, 0.1) is 17.7 Å². The van der Waals surface area contributed by atoms with Crippen LogP contribution in [0.3, 0.4) is 0 Å². The summed E-state index contributed by atoms with van der Waals surface area (Å²) in [5.41, 5.74) is 1.12. The molecule has 6 nitrogen and oxygen atoms in total. The molecule has 0 saturated heterocycles. The van der Waals surface area contributed by atoms with Gasteiger partial charge in [0.1, 0.15) is 23.7 Å². The summed E-state index contributed by atoms with van der Waals surface area (Å²) in [4.78, 5) is 12.8. The number of halogens is 1. The third-order valence-electron chi connectivity index (χ3n) is 4.40. The Morgan fingerprint density at radius 2 is 1.74 bits per heavy atom. The van der Waals surface area contributed by atoms with E-state index in [1.54, 1.807) is 18.2 Å². The van der Waals surface area contributed by atoms with E-state index in [0.29, 0.717) is 5.56 Å². The summed E-state index contributed by atoms with van der Waals surface area (Å²) in [6, 6.07) is 16.3. The smallest absolute Gasteiger partial charge is 0.344 e. The summed E-state index contributed by atoms with van der Waals surface area (Å²) in [6.07, 6.45) is 1.48. The Kier molecular flexibility index (Phi) is 6.71. The lowest BCUT2D eigenvalue weighted by atomic mass is 10.1. The predicted molar refractivity (Wildman–Crippen MR) is 116 cm³/mol. The van der Waals surface area contributed by atoms with Crippen LogP contribution in [0.5, 0.6) is 5.75 Å². The highest BCUT2D eigenvalue weighted by atomic mass is 32.2. The van der Waals surface area contributed by atoms with Gasteiger partial charge in [0.25, 0.3) is 10.0 Å². The summed E-state index contributed by atoms with van der Waals surface area (Å²) in [7, 11) is -2.75. The molecule has 160 valence electrons. The van der Waals surface area contributed by atoms with Crippen molar-refractivity contribution < 1.29 is 27.1 Å². The van der Waals surface area contributed by atoms with Crippen LogP contribution < -0.4 is 9.46 Å². The van der Waals surface area contributed by atoms with Crippen molar-refractivity contribution in [3.05, 3.63) is 95.8 Å². The molecule has 0 fully saturated rings. The van der Waals surface area contributed by atoms with Gasteiger partial charge in [-0.25, -0.2) is 17.6 Å². The second kappa shape index (κ2) is 9.44. The monoisotopic (exact) mass is 441 g/mol. The molecule has 3 aromatic rings. The molecule has 0 amide bonds. The van der Waals surface area contributed by atoms with Gasteiger partial charge in [0, 0.05) is 5.56 Å². The molecule has 0 unspecified atom stereocenters. The fourth-order valence-corrected chi connectivity index (χ4v) is 3.95. The van der Waals surface area contributed by atoms with Crippen molar-refractivity contribution in [2.75, 3.05) is 11.8 Å². The van der Waals surface area contributed by atoms with Crippen molar-refractivity contribution in [1.82, 2.24) is 0 Å². The van der Waals surface area contributed by atoms with Crippen LogP contribution in [0, 0.1) is 5.82 Å². The Hall–Kier alpha value is -3.65. The highest BCUT2D eigenvalue weighted by molar-refractivity contribution is 7.92. The van der Waals surface area contributed by atoms with E-state index in [1.165, 1.54) is 19.3 Å². The summed E-state index contributed by atoms with van der Waals surface area (Å²) in [5, 5.41) is 0. The number of hydrogen-bond acceptors (Lipinski definition) is 5. The molecule has 0 atom stereocenters. The molecule has 0 saturated carbocycles. The van der Waals surface area contributed by atoms with Crippen molar-refractivity contribution in [2.45, 2.75) is 11.5 Å². The van der Waals surface area contributed by atoms with Crippen LogP contribution in [0.2, 0.25) is 0 Å². The maximum absolute atomic E-state index is 13.2. The standard InChI is InChI=1S/C23H20FNO5S/c1-3-17-9-14-20(25-31(27,28)19-12-10-18(24)11-13-19)21(22(17)29-2)23(26)30-15-16-7-5-4-6-8-16/h3-14,25H,1,15H2,2H3. The van der Waals surface area contributed by atoms with Gasteiger partial charge in [-0.3, -0.25) is 4.72 Å². The topological polar surface area (TPSA) is 81.7 Å². The number of ether oxygens (including phenoxy) is 2. The second-order valence-electron chi connectivity index (χ2n) is 6.44. The molecule has 1 N–H and O–H groups in total. The highest BCUT2D eigenvalue weighted by Crippen LogP contribution is 2.33. The number of methoxy groups -OCH3 is 1. The Balaban J connectivity index is 1.98. The molecule has 31 heavy (non-hydrogen) atoms. The predicted octanol–water partition coefficient (Wildman–Crippen LogP) is 4.64. The lowest BCUT2D eigenvalue weighted by molar-refractivity contribution is 0.0470. The Morgan fingerprint density at radius 3 is 2.35 bits per heavy atom. The van der Waals surface area contributed by atoms with Gasteiger partial charge in [0.2, 0.25) is 0 Å². The van der Waals surface area contributed by atoms with Gasteiger partial charge in [-0.05, 0) is 42.0 Å². The van der Waals surface area contributed by atoms with Crippen molar-refractivity contribution in [3.63, 3.8) is 0 Å². The normalized spacial score (nSPS) is 10.9. The minimum Gasteiger partial charge on any atom is -0.495 e. The van der Waals surface area contributed by atoms with E-state index in [1.807, 2.05) is 18.2 Å². The molecular weight excluding hydrogens is 421 g/mol. The molecule has 0 radical (unpaired) electrons. The molecule has 0 aliphatic rings. The van der Waals surface area contributed by atoms with Crippen LogP contribution in [-0.4, -0.2) is 21.5 Å². The number of sulfonamides is 1. The number of esters is 1. The first-order valence-corrected chi connectivity index (χ1v) is 10.7. The first-order valence-electron chi connectivity index (χ1n) is 9.18. The van der Waals surface area contributed by atoms with E-state index < -0.39 is 21.8 Å². The highest BCUT2D eigenvalue weighted by Gasteiger charge is 2.25. The fourth-order valence-electron chi connectivity index (χ4n) is 2.88. The lowest BCUT2D eigenvalue weighted by Gasteiger charge is -2.17. The van der Waals surface area contributed by atoms with Gasteiger partial charge in [-0.2, -0.15) is 0 Å². The first-order chi connectivity index (χ1) is 14.9. The number of rotatable bonds is 8. The minimum absolute atomic E-state index is 0.00863. The van der Waals surface area contributed by atoms with Gasteiger partial charge in [-0.15, -0.1) is 0 Å². The molecule has 0 spiro atoms. The van der Waals surface area contributed by atoms with Crippen molar-refractivity contribution in [2.24, 2.45) is 0 Å². The molecule has 0 bridgehead atoms. The summed E-state index contributed by atoms with van der Waals surface area (Å²) in [5.74, 6) is -1.23. The number of carbonyl (C=O) groups is 1. The fraction of sp³-hybridized carbons (Fsp3) is 0.0870. The molecule has 0 aliphatic heterocycles. The number of benzene rings is 3. The lowest BCUT2D eigenvalue weighted by Crippen LogP contribution is -2.17. The second-order valence-corrected chi connectivity index (χ2v) is 8.12. The largest absolute Gasteiger partial charge is 0.495 e. The van der Waals surface area contributed by atoms with Crippen molar-refractivity contribution in [3.8, 4) is 5.75 Å². The van der Waals surface area contributed by atoms with E-state index in [0.717, 1.165) is 29.8 Å². The Labute approximate surface area is 180 Å². The Morgan fingerprint density at radius 1 is 1.06 bits per heavy atom. The van der Waals surface area contributed by atoms with E-state index in [-0.39, 0.29) is 28.5 Å². The van der Waals surface area contributed by atoms with Gasteiger partial charge in [-0.1, -0.05) is 43.0 Å². The van der Waals surface area contributed by atoms with E-state index in [2.05, 4.69) is 11.3 Å². The number of anilines is 1. The number of hydrogen-bond donors (Lipinski definition) is 1. The van der Waals surface area contributed by atoms with Gasteiger partial charge < -0.3 is 9.47 Å². The van der Waals surface area contributed by atoms with Crippen LogP contribution >= 0.6 is 0 Å². The third-order valence-corrected chi connectivity index (χ3v) is 5.78.